The van der Waals surface area contributed by atoms with E-state index in [1.165, 1.54) is 7.11 Å². The van der Waals surface area contributed by atoms with Gasteiger partial charge in [-0.1, -0.05) is 0 Å². The van der Waals surface area contributed by atoms with Crippen molar-refractivity contribution in [1.82, 2.24) is 9.97 Å². The van der Waals surface area contributed by atoms with Gasteiger partial charge in [-0.05, 0) is 43.3 Å². The number of rotatable bonds is 2. The van der Waals surface area contributed by atoms with Gasteiger partial charge in [0.2, 0.25) is 0 Å². The molecule has 0 aliphatic carbocycles. The molecule has 23 heavy (non-hydrogen) atoms. The Bertz CT molecular complexity index is 1050. The average molecular weight is 340 g/mol. The summed E-state index contributed by atoms with van der Waals surface area (Å²) in [7, 11) is 1.39. The summed E-state index contributed by atoms with van der Waals surface area (Å²) < 4.78 is 6.90. The van der Waals surface area contributed by atoms with Crippen LogP contribution in [0.2, 0.25) is 0 Å². The van der Waals surface area contributed by atoms with Crippen LogP contribution in [0.1, 0.15) is 15.4 Å². The van der Waals surface area contributed by atoms with Crippen LogP contribution in [-0.4, -0.2) is 23.0 Å². The number of aromatic nitrogens is 2. The Balaban J connectivity index is 1.82. The molecule has 0 fully saturated rings. The summed E-state index contributed by atoms with van der Waals surface area (Å²) in [5.41, 5.74) is 3.52. The highest BCUT2D eigenvalue weighted by molar-refractivity contribution is 7.21. The van der Waals surface area contributed by atoms with Crippen molar-refractivity contribution in [3.8, 4) is 10.6 Å². The quantitative estimate of drug-likeness (QED) is 0.498. The molecule has 4 rings (SSSR count). The summed E-state index contributed by atoms with van der Waals surface area (Å²) in [5, 5.41) is 2.00. The van der Waals surface area contributed by atoms with Crippen LogP contribution in [0.3, 0.4) is 0 Å². The number of aryl methyl sites for hydroxylation is 1. The number of hydrogen-bond acceptors (Lipinski definition) is 6. The number of nitrogens with zero attached hydrogens (tertiary/aromatic N) is 2. The number of hydrogen-bond donors (Lipinski definition) is 0. The van der Waals surface area contributed by atoms with Crippen molar-refractivity contribution in [1.29, 1.82) is 0 Å². The zero-order chi connectivity index (χ0) is 16.0. The first-order chi connectivity index (χ1) is 11.1. The lowest BCUT2D eigenvalue weighted by atomic mass is 10.2. The summed E-state index contributed by atoms with van der Waals surface area (Å²) in [6.07, 6.45) is 0. The fourth-order valence-corrected chi connectivity index (χ4v) is 4.33. The van der Waals surface area contributed by atoms with Crippen molar-refractivity contribution in [3.63, 3.8) is 0 Å². The van der Waals surface area contributed by atoms with E-state index in [1.807, 2.05) is 31.2 Å². The largest absolute Gasteiger partial charge is 0.465 e. The number of carbonyl (C=O) groups is 1. The van der Waals surface area contributed by atoms with Crippen molar-refractivity contribution in [3.05, 3.63) is 47.0 Å². The van der Waals surface area contributed by atoms with Crippen LogP contribution < -0.4 is 0 Å². The molecule has 0 N–H and O–H groups in total. The third kappa shape index (κ3) is 2.50. The molecule has 6 heteroatoms. The molecule has 0 saturated heterocycles. The van der Waals surface area contributed by atoms with Crippen LogP contribution in [0.15, 0.2) is 36.4 Å². The topological polar surface area (TPSA) is 52.1 Å². The molecule has 0 radical (unpaired) electrons. The number of fused-ring (bicyclic) bond motifs is 2. The van der Waals surface area contributed by atoms with Crippen LogP contribution in [-0.2, 0) is 4.74 Å². The molecule has 2 heterocycles. The minimum atomic E-state index is -0.330. The van der Waals surface area contributed by atoms with Crippen molar-refractivity contribution in [2.24, 2.45) is 0 Å². The molecule has 0 aliphatic rings. The van der Waals surface area contributed by atoms with Gasteiger partial charge >= 0.3 is 5.97 Å². The average Bonchev–Trinajstić information content (AvgIpc) is 3.14. The number of thiazole rings is 2. The zero-order valence-corrected chi connectivity index (χ0v) is 14.1. The molecule has 0 saturated carbocycles. The molecule has 4 aromatic rings. The standard InChI is InChI=1S/C17H12N2O2S2/c1-9-18-12-5-3-10(7-14(12)22-9)16-19-13-6-4-11(17(20)21-2)8-15(13)23-16/h3-8H,1-2H3. The van der Waals surface area contributed by atoms with Gasteiger partial charge in [-0.15, -0.1) is 22.7 Å². The third-order valence-electron chi connectivity index (χ3n) is 3.55. The molecular weight excluding hydrogens is 328 g/mol. The Kier molecular flexibility index (Phi) is 3.36. The van der Waals surface area contributed by atoms with E-state index in [4.69, 9.17) is 4.74 Å². The Labute approximate surface area is 140 Å². The molecule has 0 aliphatic heterocycles. The number of ether oxygens (including phenoxy) is 1. The van der Waals surface area contributed by atoms with E-state index in [9.17, 15) is 4.79 Å². The summed E-state index contributed by atoms with van der Waals surface area (Å²) in [6, 6.07) is 11.6. The molecular formula is C17H12N2O2S2. The van der Waals surface area contributed by atoms with Gasteiger partial charge in [0.25, 0.3) is 0 Å². The first-order valence-electron chi connectivity index (χ1n) is 7.00. The molecule has 0 unspecified atom stereocenters. The number of methoxy groups -OCH3 is 1. The van der Waals surface area contributed by atoms with Gasteiger partial charge in [0.05, 0.1) is 38.1 Å². The first kappa shape index (κ1) is 14.3. The van der Waals surface area contributed by atoms with E-state index in [1.54, 1.807) is 28.7 Å². The number of carbonyl (C=O) groups excluding carboxylic acids is 1. The minimum absolute atomic E-state index is 0.330. The lowest BCUT2D eigenvalue weighted by Crippen LogP contribution is -1.99. The highest BCUT2D eigenvalue weighted by Gasteiger charge is 2.11. The molecule has 0 bridgehead atoms. The molecule has 2 aromatic carbocycles. The van der Waals surface area contributed by atoms with Gasteiger partial charge in [0.15, 0.2) is 0 Å². The highest BCUT2D eigenvalue weighted by atomic mass is 32.1. The van der Waals surface area contributed by atoms with Crippen LogP contribution in [0, 0.1) is 6.92 Å². The van der Waals surface area contributed by atoms with Gasteiger partial charge in [-0.2, -0.15) is 0 Å². The van der Waals surface area contributed by atoms with E-state index < -0.39 is 0 Å². The smallest absolute Gasteiger partial charge is 0.337 e. The maximum Gasteiger partial charge on any atom is 0.337 e. The molecule has 0 amide bonds. The second-order valence-electron chi connectivity index (χ2n) is 5.11. The Morgan fingerprint density at radius 3 is 2.57 bits per heavy atom. The van der Waals surface area contributed by atoms with E-state index >= 15 is 0 Å². The lowest BCUT2D eigenvalue weighted by molar-refractivity contribution is 0.0601. The molecule has 114 valence electrons. The monoisotopic (exact) mass is 340 g/mol. The second kappa shape index (κ2) is 5.40. The van der Waals surface area contributed by atoms with Gasteiger partial charge in [0, 0.05) is 5.56 Å². The van der Waals surface area contributed by atoms with Crippen molar-refractivity contribution in [2.75, 3.05) is 7.11 Å². The first-order valence-corrected chi connectivity index (χ1v) is 8.64. The highest BCUT2D eigenvalue weighted by Crippen LogP contribution is 2.33. The summed E-state index contributed by atoms with van der Waals surface area (Å²) in [6.45, 7) is 2.01. The van der Waals surface area contributed by atoms with Crippen molar-refractivity contribution >= 4 is 49.1 Å². The van der Waals surface area contributed by atoms with Crippen molar-refractivity contribution in [2.45, 2.75) is 6.92 Å². The maximum absolute atomic E-state index is 11.6. The van der Waals surface area contributed by atoms with Gasteiger partial charge < -0.3 is 4.74 Å². The summed E-state index contributed by atoms with van der Waals surface area (Å²) in [5.74, 6) is -0.330. The SMILES string of the molecule is COC(=O)c1ccc2nc(-c3ccc4nc(C)sc4c3)sc2c1. The number of benzene rings is 2. The summed E-state index contributed by atoms with van der Waals surface area (Å²) in [4.78, 5) is 20.8. The van der Waals surface area contributed by atoms with E-state index in [-0.39, 0.29) is 5.97 Å². The Morgan fingerprint density at radius 2 is 1.74 bits per heavy atom. The van der Waals surface area contributed by atoms with E-state index in [2.05, 4.69) is 16.0 Å². The Morgan fingerprint density at radius 1 is 1.00 bits per heavy atom. The normalized spacial score (nSPS) is 11.2. The fourth-order valence-electron chi connectivity index (χ4n) is 2.47. The molecule has 0 spiro atoms. The van der Waals surface area contributed by atoms with E-state index in [0.29, 0.717) is 5.56 Å². The van der Waals surface area contributed by atoms with Crippen LogP contribution in [0.25, 0.3) is 31.0 Å². The fraction of sp³-hybridized carbons (Fsp3) is 0.118. The zero-order valence-electron chi connectivity index (χ0n) is 12.5. The predicted molar refractivity (Wildman–Crippen MR) is 94.3 cm³/mol. The van der Waals surface area contributed by atoms with Gasteiger partial charge in [0.1, 0.15) is 5.01 Å². The van der Waals surface area contributed by atoms with E-state index in [0.717, 1.165) is 36.0 Å². The summed E-state index contributed by atoms with van der Waals surface area (Å²) >= 11 is 3.25. The Hall–Kier alpha value is -2.31. The van der Waals surface area contributed by atoms with Crippen molar-refractivity contribution < 1.29 is 9.53 Å². The molecule has 2 aromatic heterocycles. The number of esters is 1. The predicted octanol–water partition coefficient (Wildman–Crippen LogP) is 4.67. The van der Waals surface area contributed by atoms with Crippen LogP contribution in [0.4, 0.5) is 0 Å². The van der Waals surface area contributed by atoms with Crippen LogP contribution in [0.5, 0.6) is 0 Å². The molecule has 4 nitrogen and oxygen atoms in total. The maximum atomic E-state index is 11.6. The second-order valence-corrected chi connectivity index (χ2v) is 7.37. The minimum Gasteiger partial charge on any atom is -0.465 e. The van der Waals surface area contributed by atoms with Gasteiger partial charge in [-0.25, -0.2) is 14.8 Å². The van der Waals surface area contributed by atoms with Crippen LogP contribution >= 0.6 is 22.7 Å². The van der Waals surface area contributed by atoms with Gasteiger partial charge in [-0.3, -0.25) is 0 Å². The molecule has 0 atom stereocenters. The lowest BCUT2D eigenvalue weighted by Gasteiger charge is -1.97. The third-order valence-corrected chi connectivity index (χ3v) is 5.55.